The van der Waals surface area contributed by atoms with Crippen LogP contribution in [0.15, 0.2) is 73.1 Å². The van der Waals surface area contributed by atoms with Gasteiger partial charge in [-0.3, -0.25) is 14.5 Å². The Bertz CT molecular complexity index is 1220. The monoisotopic (exact) mass is 410 g/mol. The number of pyridine rings is 1. The average molecular weight is 411 g/mol. The van der Waals surface area contributed by atoms with Crippen LogP contribution in [0.5, 0.6) is 0 Å². The molecule has 156 valence electrons. The first-order chi connectivity index (χ1) is 15.1. The van der Waals surface area contributed by atoms with Crippen LogP contribution in [0.1, 0.15) is 37.8 Å². The van der Waals surface area contributed by atoms with Crippen LogP contribution in [0, 0.1) is 0 Å². The molecular weight excluding hydrogens is 384 g/mol. The number of carbonyl (C=O) groups is 1. The van der Waals surface area contributed by atoms with Crippen LogP contribution < -0.4 is 0 Å². The number of fused-ring (bicyclic) bond motifs is 1. The zero-order valence-corrected chi connectivity index (χ0v) is 17.8. The average Bonchev–Trinajstić information content (AvgIpc) is 3.44. The molecule has 1 aliphatic carbocycles. The molecule has 5 nitrogen and oxygen atoms in total. The first-order valence-corrected chi connectivity index (χ1v) is 10.9. The van der Waals surface area contributed by atoms with Crippen molar-refractivity contribution >= 4 is 22.4 Å². The van der Waals surface area contributed by atoms with Crippen LogP contribution in [0.2, 0.25) is 0 Å². The van der Waals surface area contributed by atoms with Crippen LogP contribution >= 0.6 is 0 Å². The molecular formula is C26H26N4O. The Labute approximate surface area is 182 Å². The topological polar surface area (TPSA) is 51.0 Å². The maximum atomic E-state index is 12.0. The van der Waals surface area contributed by atoms with Gasteiger partial charge in [-0.1, -0.05) is 48.6 Å². The standard InChI is InChI=1S/C26H26N4O/c1-3-25(31)29-14-12-22(17-29)30-24-11-13-27-16-23(24)26(28-30)20-9-7-19(8-10-20)21-6-4-5-18(2)15-21/h3,5,7-11,13,15-16,22H,1,4,6,12,14,17H2,2H3/t22-/m1/s1. The molecule has 5 rings (SSSR count). The van der Waals surface area contributed by atoms with Crippen molar-refractivity contribution in [2.75, 3.05) is 13.1 Å². The summed E-state index contributed by atoms with van der Waals surface area (Å²) in [6.07, 6.45) is 12.7. The van der Waals surface area contributed by atoms with Gasteiger partial charge in [-0.15, -0.1) is 0 Å². The van der Waals surface area contributed by atoms with E-state index in [2.05, 4.69) is 59.6 Å². The highest BCUT2D eigenvalue weighted by atomic mass is 16.2. The van der Waals surface area contributed by atoms with Gasteiger partial charge in [0.2, 0.25) is 5.91 Å². The molecule has 0 unspecified atom stereocenters. The summed E-state index contributed by atoms with van der Waals surface area (Å²) in [5.41, 5.74) is 7.08. The maximum absolute atomic E-state index is 12.0. The molecule has 1 fully saturated rings. The zero-order chi connectivity index (χ0) is 21.4. The van der Waals surface area contributed by atoms with Gasteiger partial charge in [0, 0.05) is 36.4 Å². The highest BCUT2D eigenvalue weighted by Crippen LogP contribution is 2.33. The molecule has 31 heavy (non-hydrogen) atoms. The molecule has 1 aliphatic heterocycles. The summed E-state index contributed by atoms with van der Waals surface area (Å²) in [7, 11) is 0. The highest BCUT2D eigenvalue weighted by molar-refractivity contribution is 5.93. The minimum atomic E-state index is -0.0152. The largest absolute Gasteiger partial charge is 0.337 e. The lowest BCUT2D eigenvalue weighted by Crippen LogP contribution is -2.27. The van der Waals surface area contributed by atoms with E-state index in [4.69, 9.17) is 5.10 Å². The molecule has 0 radical (unpaired) electrons. The minimum absolute atomic E-state index is 0.0152. The van der Waals surface area contributed by atoms with Crippen molar-refractivity contribution in [3.05, 3.63) is 78.7 Å². The summed E-state index contributed by atoms with van der Waals surface area (Å²) >= 11 is 0. The lowest BCUT2D eigenvalue weighted by molar-refractivity contribution is -0.125. The van der Waals surface area contributed by atoms with Gasteiger partial charge in [-0.25, -0.2) is 0 Å². The Morgan fingerprint density at radius 3 is 2.77 bits per heavy atom. The molecule has 3 aromatic rings. The molecule has 5 heteroatoms. The number of hydrogen-bond acceptors (Lipinski definition) is 3. The summed E-state index contributed by atoms with van der Waals surface area (Å²) in [6.45, 7) is 7.16. The first kappa shape index (κ1) is 19.5. The number of rotatable bonds is 4. The fourth-order valence-electron chi connectivity index (χ4n) is 4.68. The molecule has 0 bridgehead atoms. The second kappa shape index (κ2) is 7.99. The number of nitrogens with zero attached hydrogens (tertiary/aromatic N) is 4. The van der Waals surface area contributed by atoms with Crippen molar-refractivity contribution in [1.29, 1.82) is 0 Å². The van der Waals surface area contributed by atoms with Crippen molar-refractivity contribution in [2.45, 2.75) is 32.2 Å². The summed E-state index contributed by atoms with van der Waals surface area (Å²) < 4.78 is 2.08. The molecule has 1 saturated heterocycles. The third-order valence-corrected chi connectivity index (χ3v) is 6.31. The normalized spacial score (nSPS) is 18.7. The van der Waals surface area contributed by atoms with Gasteiger partial charge in [0.05, 0.1) is 11.6 Å². The van der Waals surface area contributed by atoms with Gasteiger partial charge in [-0.2, -0.15) is 5.10 Å². The second-order valence-electron chi connectivity index (χ2n) is 8.35. The van der Waals surface area contributed by atoms with E-state index in [1.165, 1.54) is 22.8 Å². The summed E-state index contributed by atoms with van der Waals surface area (Å²) in [5, 5.41) is 6.05. The van der Waals surface area contributed by atoms with E-state index in [9.17, 15) is 4.79 Å². The number of likely N-dealkylation sites (tertiary alicyclic amines) is 1. The molecule has 2 aromatic heterocycles. The van der Waals surface area contributed by atoms with E-state index in [-0.39, 0.29) is 11.9 Å². The van der Waals surface area contributed by atoms with E-state index in [1.807, 2.05) is 17.2 Å². The molecule has 2 aliphatic rings. The Hall–Kier alpha value is -3.47. The summed E-state index contributed by atoms with van der Waals surface area (Å²) in [5.74, 6) is -0.0152. The molecule has 3 heterocycles. The third kappa shape index (κ3) is 3.61. The SMILES string of the molecule is C=CC(=O)N1CC[C@@H](n2nc(-c3ccc(C4=CC(C)=CCC4)cc3)c3cnccc32)C1. The van der Waals surface area contributed by atoms with E-state index < -0.39 is 0 Å². The van der Waals surface area contributed by atoms with E-state index >= 15 is 0 Å². The molecule has 0 N–H and O–H groups in total. The summed E-state index contributed by atoms with van der Waals surface area (Å²) in [4.78, 5) is 18.2. The maximum Gasteiger partial charge on any atom is 0.246 e. The van der Waals surface area contributed by atoms with Crippen LogP contribution in [-0.4, -0.2) is 38.7 Å². The molecule has 1 aromatic carbocycles. The van der Waals surface area contributed by atoms with Crippen molar-refractivity contribution < 1.29 is 4.79 Å². The number of allylic oxidation sites excluding steroid dienone is 4. The summed E-state index contributed by atoms with van der Waals surface area (Å²) in [6, 6.07) is 10.9. The smallest absolute Gasteiger partial charge is 0.246 e. The van der Waals surface area contributed by atoms with Crippen molar-refractivity contribution in [2.24, 2.45) is 0 Å². The van der Waals surface area contributed by atoms with Gasteiger partial charge >= 0.3 is 0 Å². The fourth-order valence-corrected chi connectivity index (χ4v) is 4.68. The molecule has 0 saturated carbocycles. The third-order valence-electron chi connectivity index (χ3n) is 6.31. The molecule has 1 amide bonds. The Balaban J connectivity index is 1.49. The van der Waals surface area contributed by atoms with E-state index in [0.29, 0.717) is 6.54 Å². The predicted octanol–water partition coefficient (Wildman–Crippen LogP) is 5.18. The van der Waals surface area contributed by atoms with Crippen LogP contribution in [0.4, 0.5) is 0 Å². The number of benzene rings is 1. The van der Waals surface area contributed by atoms with Crippen LogP contribution in [0.3, 0.4) is 0 Å². The number of hydrogen-bond donors (Lipinski definition) is 0. The predicted molar refractivity (Wildman–Crippen MR) is 124 cm³/mol. The van der Waals surface area contributed by atoms with E-state index in [1.54, 1.807) is 6.20 Å². The quantitative estimate of drug-likeness (QED) is 0.557. The fraction of sp³-hybridized carbons (Fsp3) is 0.269. The van der Waals surface area contributed by atoms with Crippen molar-refractivity contribution in [3.63, 3.8) is 0 Å². The van der Waals surface area contributed by atoms with Gasteiger partial charge in [0.25, 0.3) is 0 Å². The van der Waals surface area contributed by atoms with Crippen molar-refractivity contribution in [1.82, 2.24) is 19.7 Å². The first-order valence-electron chi connectivity index (χ1n) is 10.9. The Kier molecular flexibility index (Phi) is 5.02. The number of carbonyl (C=O) groups excluding carboxylic acids is 1. The van der Waals surface area contributed by atoms with Crippen LogP contribution in [-0.2, 0) is 4.79 Å². The number of aromatic nitrogens is 3. The molecule has 0 spiro atoms. The number of amides is 1. The van der Waals surface area contributed by atoms with E-state index in [0.717, 1.165) is 48.0 Å². The molecule has 1 atom stereocenters. The minimum Gasteiger partial charge on any atom is -0.337 e. The van der Waals surface area contributed by atoms with Gasteiger partial charge in [-0.05, 0) is 49.5 Å². The van der Waals surface area contributed by atoms with Gasteiger partial charge in [0.15, 0.2) is 0 Å². The Morgan fingerprint density at radius 1 is 1.19 bits per heavy atom. The van der Waals surface area contributed by atoms with Crippen molar-refractivity contribution in [3.8, 4) is 11.3 Å². The lowest BCUT2D eigenvalue weighted by Gasteiger charge is -2.15. The van der Waals surface area contributed by atoms with Gasteiger partial charge in [0.1, 0.15) is 5.69 Å². The van der Waals surface area contributed by atoms with Gasteiger partial charge < -0.3 is 4.90 Å². The second-order valence-corrected chi connectivity index (χ2v) is 8.35. The highest BCUT2D eigenvalue weighted by Gasteiger charge is 2.28. The lowest BCUT2D eigenvalue weighted by atomic mass is 9.93. The Morgan fingerprint density at radius 2 is 2.00 bits per heavy atom. The zero-order valence-electron chi connectivity index (χ0n) is 17.8. The van der Waals surface area contributed by atoms with Crippen LogP contribution in [0.25, 0.3) is 27.7 Å².